The van der Waals surface area contributed by atoms with Crippen LogP contribution in [0.2, 0.25) is 5.02 Å². The summed E-state index contributed by atoms with van der Waals surface area (Å²) in [6, 6.07) is 12.0. The maximum atomic E-state index is 6.29. The molecule has 5 nitrogen and oxygen atoms in total. The predicted octanol–water partition coefficient (Wildman–Crippen LogP) is 4.52. The second-order valence-corrected chi connectivity index (χ2v) is 7.37. The second kappa shape index (κ2) is 12.3. The van der Waals surface area contributed by atoms with Crippen molar-refractivity contribution >= 4 is 41.5 Å². The van der Waals surface area contributed by atoms with Crippen LogP contribution in [0.4, 0.5) is 0 Å². The molecule has 0 atom stereocenters. The van der Waals surface area contributed by atoms with E-state index in [1.54, 1.807) is 6.26 Å². The lowest BCUT2D eigenvalue weighted by Crippen LogP contribution is -2.42. The van der Waals surface area contributed by atoms with Gasteiger partial charge < -0.3 is 15.1 Å². The molecule has 2 N–H and O–H groups in total. The normalized spacial score (nSPS) is 15.9. The molecule has 2 heterocycles. The van der Waals surface area contributed by atoms with E-state index in [2.05, 4.69) is 39.6 Å². The minimum Gasteiger partial charge on any atom is -0.467 e. The average Bonchev–Trinajstić information content (AvgIpc) is 3.21. The minimum atomic E-state index is 0. The van der Waals surface area contributed by atoms with E-state index in [9.17, 15) is 0 Å². The van der Waals surface area contributed by atoms with E-state index in [4.69, 9.17) is 16.0 Å². The van der Waals surface area contributed by atoms with Gasteiger partial charge in [0.05, 0.1) is 6.26 Å². The topological polar surface area (TPSA) is 52.8 Å². The van der Waals surface area contributed by atoms with Gasteiger partial charge in [-0.15, -0.1) is 24.0 Å². The zero-order chi connectivity index (χ0) is 18.9. The first kappa shape index (κ1) is 23.0. The van der Waals surface area contributed by atoms with Crippen LogP contribution in [0, 0.1) is 5.92 Å². The number of aliphatic imine (C=N–C) groups is 1. The Morgan fingerprint density at radius 1 is 1.18 bits per heavy atom. The zero-order valence-corrected chi connectivity index (χ0v) is 19.5. The van der Waals surface area contributed by atoms with Gasteiger partial charge in [0.1, 0.15) is 12.3 Å². The van der Waals surface area contributed by atoms with Gasteiger partial charge in [0.15, 0.2) is 5.96 Å². The first-order valence-corrected chi connectivity index (χ1v) is 10.1. The van der Waals surface area contributed by atoms with Gasteiger partial charge in [0.2, 0.25) is 0 Å². The van der Waals surface area contributed by atoms with Gasteiger partial charge in [-0.25, -0.2) is 4.99 Å². The molecule has 0 amide bonds. The fourth-order valence-corrected chi connectivity index (χ4v) is 3.55. The van der Waals surface area contributed by atoms with Crippen LogP contribution in [-0.2, 0) is 13.1 Å². The lowest BCUT2D eigenvalue weighted by atomic mass is 9.96. The van der Waals surface area contributed by atoms with Crippen molar-refractivity contribution in [1.29, 1.82) is 0 Å². The first-order chi connectivity index (χ1) is 13.2. The third kappa shape index (κ3) is 7.29. The summed E-state index contributed by atoms with van der Waals surface area (Å²) in [7, 11) is 0. The minimum absolute atomic E-state index is 0. The molecule has 0 unspecified atom stereocenters. The largest absolute Gasteiger partial charge is 0.467 e. The SMILES string of the molecule is CCNC(=NCc1ccco1)NCC1CCN(Cc2ccccc2Cl)CC1.I. The number of nitrogens with zero attached hydrogens (tertiary/aromatic N) is 2. The predicted molar refractivity (Wildman–Crippen MR) is 126 cm³/mol. The van der Waals surface area contributed by atoms with Crippen molar-refractivity contribution in [3.05, 3.63) is 59.0 Å². The van der Waals surface area contributed by atoms with Crippen molar-refractivity contribution < 1.29 is 4.42 Å². The molecular weight excluding hydrogens is 487 g/mol. The molecule has 1 saturated heterocycles. The number of furan rings is 1. The van der Waals surface area contributed by atoms with E-state index in [0.717, 1.165) is 49.5 Å². The number of hydrogen-bond donors (Lipinski definition) is 2. The summed E-state index contributed by atoms with van der Waals surface area (Å²) in [5, 5.41) is 7.65. The van der Waals surface area contributed by atoms with Crippen molar-refractivity contribution in [3.8, 4) is 0 Å². The van der Waals surface area contributed by atoms with Crippen LogP contribution in [0.3, 0.4) is 0 Å². The molecule has 0 radical (unpaired) electrons. The fourth-order valence-electron chi connectivity index (χ4n) is 3.36. The molecule has 0 bridgehead atoms. The highest BCUT2D eigenvalue weighted by molar-refractivity contribution is 14.0. The number of likely N-dealkylation sites (tertiary alicyclic amines) is 1. The maximum Gasteiger partial charge on any atom is 0.191 e. The lowest BCUT2D eigenvalue weighted by Gasteiger charge is -2.32. The van der Waals surface area contributed by atoms with Crippen LogP contribution >= 0.6 is 35.6 Å². The van der Waals surface area contributed by atoms with Gasteiger partial charge in [0, 0.05) is 24.7 Å². The smallest absolute Gasteiger partial charge is 0.191 e. The van der Waals surface area contributed by atoms with Crippen LogP contribution in [0.25, 0.3) is 0 Å². The average molecular weight is 517 g/mol. The number of rotatable bonds is 7. The summed E-state index contributed by atoms with van der Waals surface area (Å²) in [6.45, 7) is 7.59. The molecule has 1 aliphatic heterocycles. The second-order valence-electron chi connectivity index (χ2n) is 6.97. The highest BCUT2D eigenvalue weighted by atomic mass is 127. The Hall–Kier alpha value is -1.25. The number of hydrogen-bond acceptors (Lipinski definition) is 3. The molecule has 1 aromatic heterocycles. The van der Waals surface area contributed by atoms with Crippen LogP contribution in [0.15, 0.2) is 52.1 Å². The monoisotopic (exact) mass is 516 g/mol. The fraction of sp³-hybridized carbons (Fsp3) is 0.476. The van der Waals surface area contributed by atoms with E-state index >= 15 is 0 Å². The van der Waals surface area contributed by atoms with Gasteiger partial charge >= 0.3 is 0 Å². The van der Waals surface area contributed by atoms with Crippen molar-refractivity contribution in [2.75, 3.05) is 26.2 Å². The summed E-state index contributed by atoms with van der Waals surface area (Å²) in [4.78, 5) is 7.09. The Morgan fingerprint density at radius 2 is 1.96 bits per heavy atom. The molecule has 0 saturated carbocycles. The van der Waals surface area contributed by atoms with Gasteiger partial charge in [-0.1, -0.05) is 29.8 Å². The molecule has 0 aliphatic carbocycles. The van der Waals surface area contributed by atoms with Crippen LogP contribution in [0.1, 0.15) is 31.1 Å². The van der Waals surface area contributed by atoms with E-state index < -0.39 is 0 Å². The summed E-state index contributed by atoms with van der Waals surface area (Å²) in [6.07, 6.45) is 4.06. The molecule has 2 aromatic rings. The zero-order valence-electron chi connectivity index (χ0n) is 16.4. The molecule has 28 heavy (non-hydrogen) atoms. The summed E-state index contributed by atoms with van der Waals surface area (Å²) < 4.78 is 5.35. The quantitative estimate of drug-likeness (QED) is 0.323. The number of benzene rings is 1. The maximum absolute atomic E-state index is 6.29. The number of halogens is 2. The van der Waals surface area contributed by atoms with Crippen LogP contribution < -0.4 is 10.6 Å². The molecule has 3 rings (SSSR count). The highest BCUT2D eigenvalue weighted by Crippen LogP contribution is 2.21. The van der Waals surface area contributed by atoms with Gasteiger partial charge in [-0.2, -0.15) is 0 Å². The molecule has 1 fully saturated rings. The van der Waals surface area contributed by atoms with E-state index in [1.165, 1.54) is 18.4 Å². The third-order valence-corrected chi connectivity index (χ3v) is 5.30. The summed E-state index contributed by atoms with van der Waals surface area (Å²) >= 11 is 6.29. The summed E-state index contributed by atoms with van der Waals surface area (Å²) in [5.74, 6) is 2.40. The number of piperidine rings is 1. The van der Waals surface area contributed by atoms with Crippen molar-refractivity contribution in [2.45, 2.75) is 32.9 Å². The molecular formula is C21H30ClIN4O. The number of guanidine groups is 1. The molecule has 0 spiro atoms. The van der Waals surface area contributed by atoms with Gasteiger partial charge in [0.25, 0.3) is 0 Å². The van der Waals surface area contributed by atoms with Gasteiger partial charge in [-0.3, -0.25) is 4.90 Å². The van der Waals surface area contributed by atoms with Gasteiger partial charge in [-0.05, 0) is 62.5 Å². The molecule has 1 aliphatic rings. The highest BCUT2D eigenvalue weighted by Gasteiger charge is 2.20. The lowest BCUT2D eigenvalue weighted by molar-refractivity contribution is 0.178. The molecule has 154 valence electrons. The molecule has 1 aromatic carbocycles. The third-order valence-electron chi connectivity index (χ3n) is 4.93. The Morgan fingerprint density at radius 3 is 2.64 bits per heavy atom. The van der Waals surface area contributed by atoms with E-state index in [1.807, 2.05) is 24.3 Å². The van der Waals surface area contributed by atoms with Crippen molar-refractivity contribution in [1.82, 2.24) is 15.5 Å². The van der Waals surface area contributed by atoms with Crippen LogP contribution in [0.5, 0.6) is 0 Å². The molecule has 7 heteroatoms. The first-order valence-electron chi connectivity index (χ1n) is 9.75. The van der Waals surface area contributed by atoms with E-state index in [-0.39, 0.29) is 24.0 Å². The Labute approximate surface area is 189 Å². The van der Waals surface area contributed by atoms with E-state index in [0.29, 0.717) is 12.5 Å². The Kier molecular flexibility index (Phi) is 10.2. The number of nitrogens with one attached hydrogen (secondary N) is 2. The Bertz CT molecular complexity index is 715. The standard InChI is InChI=1S/C21H29ClN4O.HI/c1-2-23-21(25-15-19-7-5-13-27-19)24-14-17-9-11-26(12-10-17)16-18-6-3-4-8-20(18)22;/h3-8,13,17H,2,9-12,14-16H2,1H3,(H2,23,24,25);1H. The van der Waals surface area contributed by atoms with Crippen LogP contribution in [-0.4, -0.2) is 37.0 Å². The summed E-state index contributed by atoms with van der Waals surface area (Å²) in [5.41, 5.74) is 1.22. The van der Waals surface area contributed by atoms with Crippen molar-refractivity contribution in [3.63, 3.8) is 0 Å². The Balaban J connectivity index is 0.00000280. The van der Waals surface area contributed by atoms with Crippen molar-refractivity contribution in [2.24, 2.45) is 10.9 Å².